The largest absolute Gasteiger partial charge is 0.393 e. The molecule has 116 valence electrons. The fraction of sp³-hybridized carbons (Fsp3) is 1.00. The van der Waals surface area contributed by atoms with Crippen LogP contribution in [0.3, 0.4) is 0 Å². The summed E-state index contributed by atoms with van der Waals surface area (Å²) in [6.07, 6.45) is -1.40. The summed E-state index contributed by atoms with van der Waals surface area (Å²) < 4.78 is 4.61. The average Bonchev–Trinajstić information content (AvgIpc) is 2.14. The summed E-state index contributed by atoms with van der Waals surface area (Å²) in [5.41, 5.74) is -0.195. The Morgan fingerprint density at radius 3 is 1.42 bits per heavy atom. The molecule has 0 spiro atoms. The van der Waals surface area contributed by atoms with E-state index in [9.17, 15) is 5.11 Å². The molecule has 6 heteroatoms. The molecule has 0 rings (SSSR count). The van der Waals surface area contributed by atoms with Gasteiger partial charge < -0.3 is 25.2 Å². The predicted molar refractivity (Wildman–Crippen MR) is 71.1 cm³/mol. The SMILES string of the molecule is CC(O)CC(C)O.COC(O)CC(O)C(C)(C)C.[Ti]. The van der Waals surface area contributed by atoms with E-state index in [1.165, 1.54) is 7.11 Å². The zero-order chi connectivity index (χ0) is 14.9. The summed E-state index contributed by atoms with van der Waals surface area (Å²) >= 11 is 0. The molecule has 0 aliphatic heterocycles. The van der Waals surface area contributed by atoms with E-state index in [-0.39, 0.29) is 45.8 Å². The molecule has 0 saturated heterocycles. The van der Waals surface area contributed by atoms with Crippen LogP contribution in [-0.2, 0) is 26.5 Å². The molecule has 0 aromatic carbocycles. The average molecular weight is 314 g/mol. The first-order valence-electron chi connectivity index (χ1n) is 6.25. The van der Waals surface area contributed by atoms with Crippen molar-refractivity contribution in [3.8, 4) is 0 Å². The smallest absolute Gasteiger partial charge is 0.156 e. The minimum atomic E-state index is -0.857. The first-order chi connectivity index (χ1) is 8.00. The van der Waals surface area contributed by atoms with E-state index in [0.29, 0.717) is 6.42 Å². The third-order valence-corrected chi connectivity index (χ3v) is 2.38. The van der Waals surface area contributed by atoms with Crippen molar-refractivity contribution in [2.45, 2.75) is 72.1 Å². The molecule has 0 aromatic rings. The monoisotopic (exact) mass is 314 g/mol. The van der Waals surface area contributed by atoms with Crippen molar-refractivity contribution in [1.82, 2.24) is 0 Å². The molecule has 4 N–H and O–H groups in total. The third kappa shape index (κ3) is 18.5. The van der Waals surface area contributed by atoms with E-state index in [1.807, 2.05) is 20.8 Å². The van der Waals surface area contributed by atoms with Crippen molar-refractivity contribution >= 4 is 0 Å². The van der Waals surface area contributed by atoms with E-state index in [1.54, 1.807) is 13.8 Å². The molecule has 4 atom stereocenters. The van der Waals surface area contributed by atoms with Crippen LogP contribution >= 0.6 is 0 Å². The van der Waals surface area contributed by atoms with Gasteiger partial charge in [-0.1, -0.05) is 20.8 Å². The summed E-state index contributed by atoms with van der Waals surface area (Å²) in [6.45, 7) is 9.07. The van der Waals surface area contributed by atoms with Crippen LogP contribution in [0.15, 0.2) is 0 Å². The van der Waals surface area contributed by atoms with Gasteiger partial charge in [0.15, 0.2) is 6.29 Å². The summed E-state index contributed by atoms with van der Waals surface area (Å²) in [4.78, 5) is 0. The van der Waals surface area contributed by atoms with Crippen LogP contribution in [-0.4, -0.2) is 52.1 Å². The normalized spacial score (nSPS) is 17.4. The minimum Gasteiger partial charge on any atom is -0.393 e. The molecular weight excluding hydrogens is 284 g/mol. The van der Waals surface area contributed by atoms with Crippen LogP contribution < -0.4 is 0 Å². The van der Waals surface area contributed by atoms with Crippen LogP contribution in [0.25, 0.3) is 0 Å². The molecule has 0 heterocycles. The molecule has 0 aromatic heterocycles. The van der Waals surface area contributed by atoms with Crippen molar-refractivity contribution in [2.75, 3.05) is 7.11 Å². The second kappa shape index (κ2) is 12.3. The van der Waals surface area contributed by atoms with Crippen LogP contribution in [0, 0.1) is 5.41 Å². The molecule has 0 bridgehead atoms. The maximum Gasteiger partial charge on any atom is 0.156 e. The van der Waals surface area contributed by atoms with Crippen molar-refractivity contribution in [2.24, 2.45) is 5.41 Å². The third-order valence-electron chi connectivity index (χ3n) is 2.38. The van der Waals surface area contributed by atoms with E-state index < -0.39 is 12.4 Å². The van der Waals surface area contributed by atoms with Gasteiger partial charge in [-0.25, -0.2) is 0 Å². The van der Waals surface area contributed by atoms with E-state index in [2.05, 4.69) is 4.74 Å². The fourth-order valence-corrected chi connectivity index (χ4v) is 1.13. The zero-order valence-electron chi connectivity index (χ0n) is 12.9. The molecule has 4 unspecified atom stereocenters. The van der Waals surface area contributed by atoms with Crippen LogP contribution in [0.2, 0.25) is 0 Å². The Kier molecular flexibility index (Phi) is 15.8. The Bertz CT molecular complexity index is 186. The molecule has 0 radical (unpaired) electrons. The molecule has 19 heavy (non-hydrogen) atoms. The van der Waals surface area contributed by atoms with Crippen molar-refractivity contribution in [3.63, 3.8) is 0 Å². The Hall–Kier alpha value is 0.514. The molecule has 0 aliphatic rings. The fourth-order valence-electron chi connectivity index (χ4n) is 1.13. The molecule has 0 aliphatic carbocycles. The van der Waals surface area contributed by atoms with Gasteiger partial charge in [-0.2, -0.15) is 0 Å². The molecule has 0 amide bonds. The number of ether oxygens (including phenoxy) is 1. The van der Waals surface area contributed by atoms with E-state index >= 15 is 0 Å². The minimum absolute atomic E-state index is 0. The standard InChI is InChI=1S/C8H18O3.C5H12O2.Ti/c1-8(2,3)6(9)5-7(10)11-4;1-4(6)3-5(2)7;/h6-7,9-10H,5H2,1-4H3;4-7H,3H2,1-2H3;. The van der Waals surface area contributed by atoms with Gasteiger partial charge in [0, 0.05) is 35.2 Å². The number of hydrogen-bond donors (Lipinski definition) is 4. The number of aliphatic hydroxyl groups is 4. The second-order valence-corrected chi connectivity index (χ2v) is 5.74. The Labute approximate surface area is 131 Å². The number of hydrogen-bond acceptors (Lipinski definition) is 5. The van der Waals surface area contributed by atoms with Gasteiger partial charge in [-0.3, -0.25) is 0 Å². The first-order valence-corrected chi connectivity index (χ1v) is 6.25. The van der Waals surface area contributed by atoms with E-state index in [0.717, 1.165) is 0 Å². The van der Waals surface area contributed by atoms with Gasteiger partial charge in [-0.05, 0) is 25.7 Å². The van der Waals surface area contributed by atoms with Crippen molar-refractivity contribution < 1.29 is 46.9 Å². The second-order valence-electron chi connectivity index (χ2n) is 5.74. The van der Waals surface area contributed by atoms with Crippen LogP contribution in [0.1, 0.15) is 47.5 Å². The summed E-state index contributed by atoms with van der Waals surface area (Å²) in [5, 5.41) is 35.6. The molecular formula is C13H30O5Ti. The summed E-state index contributed by atoms with van der Waals surface area (Å²) in [7, 11) is 1.42. The van der Waals surface area contributed by atoms with Crippen LogP contribution in [0.5, 0.6) is 0 Å². The van der Waals surface area contributed by atoms with Crippen molar-refractivity contribution in [3.05, 3.63) is 0 Å². The van der Waals surface area contributed by atoms with Crippen molar-refractivity contribution in [1.29, 1.82) is 0 Å². The van der Waals surface area contributed by atoms with Gasteiger partial charge in [-0.15, -0.1) is 0 Å². The van der Waals surface area contributed by atoms with Gasteiger partial charge in [0.05, 0.1) is 18.3 Å². The number of methoxy groups -OCH3 is 1. The maximum atomic E-state index is 9.45. The molecule has 0 fully saturated rings. The zero-order valence-corrected chi connectivity index (χ0v) is 14.5. The number of aliphatic hydroxyl groups excluding tert-OH is 4. The van der Waals surface area contributed by atoms with Gasteiger partial charge in [0.2, 0.25) is 0 Å². The summed E-state index contributed by atoms with van der Waals surface area (Å²) in [6, 6.07) is 0. The maximum absolute atomic E-state index is 9.45. The van der Waals surface area contributed by atoms with Gasteiger partial charge in [0.1, 0.15) is 0 Å². The van der Waals surface area contributed by atoms with Crippen LogP contribution in [0.4, 0.5) is 0 Å². The number of rotatable bonds is 5. The first kappa shape index (κ1) is 24.5. The van der Waals surface area contributed by atoms with Gasteiger partial charge >= 0.3 is 0 Å². The quantitative estimate of drug-likeness (QED) is 0.447. The van der Waals surface area contributed by atoms with E-state index in [4.69, 9.17) is 15.3 Å². The topological polar surface area (TPSA) is 90.2 Å². The Balaban J connectivity index is -0.000000280. The van der Waals surface area contributed by atoms with Gasteiger partial charge in [0.25, 0.3) is 0 Å². The summed E-state index contributed by atoms with van der Waals surface area (Å²) in [5.74, 6) is 0. The Morgan fingerprint density at radius 1 is 0.895 bits per heavy atom. The molecule has 0 saturated carbocycles. The predicted octanol–water partition coefficient (Wildman–Crippen LogP) is 0.884. The molecule has 5 nitrogen and oxygen atoms in total. The Morgan fingerprint density at radius 2 is 1.26 bits per heavy atom.